The predicted octanol–water partition coefficient (Wildman–Crippen LogP) is 1.55. The first-order valence-corrected chi connectivity index (χ1v) is 7.51. The van der Waals surface area contributed by atoms with Crippen LogP contribution in [0.15, 0.2) is 0 Å². The van der Waals surface area contributed by atoms with Crippen LogP contribution in [0.5, 0.6) is 0 Å². The Kier molecular flexibility index (Phi) is 5.75. The van der Waals surface area contributed by atoms with E-state index in [1.54, 1.807) is 0 Å². The minimum absolute atomic E-state index is 0.884. The standard InChI is InChI=1S/C14H29N3/c1-15-8-4-2-5-9-16-11-12-17-10-6-3-7-14(17)13-16/h14-15H,2-13H2,1H3. The van der Waals surface area contributed by atoms with E-state index in [9.17, 15) is 0 Å². The van der Waals surface area contributed by atoms with Crippen LogP contribution in [0.3, 0.4) is 0 Å². The van der Waals surface area contributed by atoms with Gasteiger partial charge in [0.1, 0.15) is 0 Å². The zero-order valence-corrected chi connectivity index (χ0v) is 11.5. The Morgan fingerprint density at radius 1 is 1.06 bits per heavy atom. The van der Waals surface area contributed by atoms with Crippen LogP contribution in [0.25, 0.3) is 0 Å². The summed E-state index contributed by atoms with van der Waals surface area (Å²) >= 11 is 0. The molecule has 2 aliphatic rings. The third kappa shape index (κ3) is 4.23. The molecule has 2 saturated heterocycles. The molecular weight excluding hydrogens is 210 g/mol. The largest absolute Gasteiger partial charge is 0.320 e. The van der Waals surface area contributed by atoms with Crippen molar-refractivity contribution in [2.45, 2.75) is 44.6 Å². The van der Waals surface area contributed by atoms with Gasteiger partial charge in [-0.05, 0) is 52.4 Å². The SMILES string of the molecule is CNCCCCCN1CCN2CCCCC2C1. The van der Waals surface area contributed by atoms with Crippen LogP contribution in [0.2, 0.25) is 0 Å². The van der Waals surface area contributed by atoms with Gasteiger partial charge in [0.15, 0.2) is 0 Å². The molecule has 0 aliphatic carbocycles. The van der Waals surface area contributed by atoms with Crippen molar-refractivity contribution >= 4 is 0 Å². The average Bonchev–Trinajstić information content (AvgIpc) is 2.38. The molecule has 0 aromatic carbocycles. The molecule has 1 atom stereocenters. The van der Waals surface area contributed by atoms with Gasteiger partial charge >= 0.3 is 0 Å². The summed E-state index contributed by atoms with van der Waals surface area (Å²) in [6.45, 7) is 7.83. The number of hydrogen-bond donors (Lipinski definition) is 1. The van der Waals surface area contributed by atoms with E-state index in [4.69, 9.17) is 0 Å². The van der Waals surface area contributed by atoms with Crippen molar-refractivity contribution in [1.29, 1.82) is 0 Å². The summed E-state index contributed by atoms with van der Waals surface area (Å²) < 4.78 is 0. The molecule has 1 unspecified atom stereocenters. The van der Waals surface area contributed by atoms with Crippen LogP contribution in [0.4, 0.5) is 0 Å². The van der Waals surface area contributed by atoms with Crippen LogP contribution in [0.1, 0.15) is 38.5 Å². The predicted molar refractivity (Wildman–Crippen MR) is 73.4 cm³/mol. The van der Waals surface area contributed by atoms with Gasteiger partial charge in [0, 0.05) is 25.7 Å². The normalized spacial score (nSPS) is 27.0. The number of unbranched alkanes of at least 4 members (excludes halogenated alkanes) is 2. The molecule has 0 bridgehead atoms. The lowest BCUT2D eigenvalue weighted by atomic mass is 9.99. The highest BCUT2D eigenvalue weighted by molar-refractivity contribution is 4.84. The van der Waals surface area contributed by atoms with Crippen molar-refractivity contribution in [2.75, 3.05) is 46.3 Å². The van der Waals surface area contributed by atoms with Crippen LogP contribution in [0, 0.1) is 0 Å². The van der Waals surface area contributed by atoms with Gasteiger partial charge in [-0.2, -0.15) is 0 Å². The van der Waals surface area contributed by atoms with Crippen LogP contribution in [-0.4, -0.2) is 62.2 Å². The number of rotatable bonds is 6. The van der Waals surface area contributed by atoms with Crippen molar-refractivity contribution in [3.63, 3.8) is 0 Å². The summed E-state index contributed by atoms with van der Waals surface area (Å²) in [5, 5.41) is 3.22. The molecule has 17 heavy (non-hydrogen) atoms. The van der Waals surface area contributed by atoms with E-state index in [1.807, 2.05) is 7.05 Å². The second kappa shape index (κ2) is 7.34. The first-order valence-electron chi connectivity index (χ1n) is 7.51. The molecule has 2 rings (SSSR count). The fraction of sp³-hybridized carbons (Fsp3) is 1.00. The number of nitrogens with zero attached hydrogens (tertiary/aromatic N) is 2. The van der Waals surface area contributed by atoms with Gasteiger partial charge in [0.05, 0.1) is 0 Å². The maximum atomic E-state index is 3.22. The maximum absolute atomic E-state index is 3.22. The summed E-state index contributed by atoms with van der Waals surface area (Å²) in [5.74, 6) is 0. The molecule has 2 fully saturated rings. The van der Waals surface area contributed by atoms with Crippen molar-refractivity contribution in [3.05, 3.63) is 0 Å². The van der Waals surface area contributed by atoms with E-state index >= 15 is 0 Å². The van der Waals surface area contributed by atoms with Gasteiger partial charge in [-0.3, -0.25) is 4.90 Å². The summed E-state index contributed by atoms with van der Waals surface area (Å²) in [4.78, 5) is 5.42. The Morgan fingerprint density at radius 2 is 2.00 bits per heavy atom. The fourth-order valence-corrected chi connectivity index (χ4v) is 3.24. The second-order valence-electron chi connectivity index (χ2n) is 5.65. The fourth-order valence-electron chi connectivity index (χ4n) is 3.24. The van der Waals surface area contributed by atoms with Gasteiger partial charge in [0.25, 0.3) is 0 Å². The van der Waals surface area contributed by atoms with E-state index in [0.29, 0.717) is 0 Å². The monoisotopic (exact) mass is 239 g/mol. The molecule has 3 nitrogen and oxygen atoms in total. The van der Waals surface area contributed by atoms with Gasteiger partial charge < -0.3 is 10.2 Å². The number of nitrogens with one attached hydrogen (secondary N) is 1. The Morgan fingerprint density at radius 3 is 2.88 bits per heavy atom. The van der Waals surface area contributed by atoms with Crippen molar-refractivity contribution < 1.29 is 0 Å². The average molecular weight is 239 g/mol. The Balaban J connectivity index is 1.59. The third-order valence-electron chi connectivity index (χ3n) is 4.32. The lowest BCUT2D eigenvalue weighted by molar-refractivity contribution is 0.0486. The van der Waals surface area contributed by atoms with Crippen molar-refractivity contribution in [2.24, 2.45) is 0 Å². The molecule has 1 N–H and O–H groups in total. The molecule has 0 spiro atoms. The van der Waals surface area contributed by atoms with E-state index in [-0.39, 0.29) is 0 Å². The third-order valence-corrected chi connectivity index (χ3v) is 4.32. The number of piperazine rings is 1. The first kappa shape index (κ1) is 13.3. The van der Waals surface area contributed by atoms with E-state index in [2.05, 4.69) is 15.1 Å². The highest BCUT2D eigenvalue weighted by Gasteiger charge is 2.28. The molecule has 0 amide bonds. The van der Waals surface area contributed by atoms with Crippen LogP contribution >= 0.6 is 0 Å². The highest BCUT2D eigenvalue weighted by atomic mass is 15.3. The molecule has 2 heterocycles. The van der Waals surface area contributed by atoms with Gasteiger partial charge in [-0.1, -0.05) is 12.8 Å². The zero-order chi connectivity index (χ0) is 11.9. The van der Waals surface area contributed by atoms with E-state index in [1.165, 1.54) is 77.8 Å². The molecular formula is C14H29N3. The minimum atomic E-state index is 0.884. The van der Waals surface area contributed by atoms with Gasteiger partial charge in [-0.15, -0.1) is 0 Å². The van der Waals surface area contributed by atoms with Crippen LogP contribution in [-0.2, 0) is 0 Å². The first-order chi connectivity index (χ1) is 8.40. The smallest absolute Gasteiger partial charge is 0.0223 e. The number of fused-ring (bicyclic) bond motifs is 1. The Labute approximate surface area is 107 Å². The number of piperidine rings is 1. The summed E-state index contributed by atoms with van der Waals surface area (Å²) in [5.41, 5.74) is 0. The highest BCUT2D eigenvalue weighted by Crippen LogP contribution is 2.21. The minimum Gasteiger partial charge on any atom is -0.320 e. The Bertz CT molecular complexity index is 208. The van der Waals surface area contributed by atoms with Gasteiger partial charge in [-0.25, -0.2) is 0 Å². The zero-order valence-electron chi connectivity index (χ0n) is 11.5. The molecule has 0 aromatic heterocycles. The number of hydrogen-bond acceptors (Lipinski definition) is 3. The van der Waals surface area contributed by atoms with Crippen molar-refractivity contribution in [1.82, 2.24) is 15.1 Å². The second-order valence-corrected chi connectivity index (χ2v) is 5.65. The lowest BCUT2D eigenvalue weighted by Gasteiger charge is -2.44. The molecule has 100 valence electrons. The molecule has 0 saturated carbocycles. The Hall–Kier alpha value is -0.120. The van der Waals surface area contributed by atoms with E-state index in [0.717, 1.165) is 6.04 Å². The summed E-state index contributed by atoms with van der Waals surface area (Å²) in [6.07, 6.45) is 8.42. The summed E-state index contributed by atoms with van der Waals surface area (Å²) in [7, 11) is 2.04. The van der Waals surface area contributed by atoms with Crippen molar-refractivity contribution in [3.8, 4) is 0 Å². The maximum Gasteiger partial charge on any atom is 0.0223 e. The molecule has 0 radical (unpaired) electrons. The topological polar surface area (TPSA) is 18.5 Å². The molecule has 3 heteroatoms. The van der Waals surface area contributed by atoms with Crippen LogP contribution < -0.4 is 5.32 Å². The molecule has 2 aliphatic heterocycles. The quantitative estimate of drug-likeness (QED) is 0.710. The summed E-state index contributed by atoms with van der Waals surface area (Å²) in [6, 6.07) is 0.884. The van der Waals surface area contributed by atoms with Gasteiger partial charge in [0.2, 0.25) is 0 Å². The molecule has 0 aromatic rings. The lowest BCUT2D eigenvalue weighted by Crippen LogP contribution is -2.54. The van der Waals surface area contributed by atoms with E-state index < -0.39 is 0 Å².